The van der Waals surface area contributed by atoms with Gasteiger partial charge in [0.1, 0.15) is 0 Å². The fraction of sp³-hybridized carbons (Fsp3) is 0.533. The highest BCUT2D eigenvalue weighted by Crippen LogP contribution is 2.37. The summed E-state index contributed by atoms with van der Waals surface area (Å²) in [7, 11) is 0. The molecule has 1 aromatic carbocycles. The van der Waals surface area contributed by atoms with Crippen LogP contribution in [0.25, 0.3) is 0 Å². The van der Waals surface area contributed by atoms with Gasteiger partial charge in [0.05, 0.1) is 0 Å². The van der Waals surface area contributed by atoms with Gasteiger partial charge in [-0.25, -0.2) is 8.78 Å². The van der Waals surface area contributed by atoms with Crippen LogP contribution in [0.1, 0.15) is 32.6 Å². The average molecular weight is 282 g/mol. The van der Waals surface area contributed by atoms with Crippen LogP contribution in [0.2, 0.25) is 0 Å². The monoisotopic (exact) mass is 282 g/mol. The fourth-order valence-corrected chi connectivity index (χ4v) is 2.67. The predicted molar refractivity (Wildman–Crippen MR) is 75.8 cm³/mol. The van der Waals surface area contributed by atoms with Crippen molar-refractivity contribution in [3.8, 4) is 0 Å². The number of nitrogen functional groups attached to an aromatic ring is 1. The van der Waals surface area contributed by atoms with Crippen LogP contribution in [0.15, 0.2) is 24.3 Å². The number of benzene rings is 1. The van der Waals surface area contributed by atoms with E-state index in [0.717, 1.165) is 5.69 Å². The van der Waals surface area contributed by atoms with Crippen molar-refractivity contribution >= 4 is 17.3 Å². The second kappa shape index (κ2) is 5.77. The smallest absolute Gasteiger partial charge is 0.248 e. The number of anilines is 2. The van der Waals surface area contributed by atoms with Crippen molar-refractivity contribution in [1.82, 2.24) is 0 Å². The molecule has 0 aliphatic heterocycles. The summed E-state index contributed by atoms with van der Waals surface area (Å²) in [6, 6.07) is 7.09. The van der Waals surface area contributed by atoms with E-state index in [2.05, 4.69) is 0 Å². The molecule has 5 heteroatoms. The maximum Gasteiger partial charge on any atom is 0.248 e. The van der Waals surface area contributed by atoms with Gasteiger partial charge in [0.2, 0.25) is 11.8 Å². The highest BCUT2D eigenvalue weighted by molar-refractivity contribution is 5.95. The van der Waals surface area contributed by atoms with Crippen LogP contribution in [-0.4, -0.2) is 18.4 Å². The Kier molecular flexibility index (Phi) is 4.26. The molecule has 3 nitrogen and oxygen atoms in total. The summed E-state index contributed by atoms with van der Waals surface area (Å²) in [6.07, 6.45) is 0.116. The Morgan fingerprint density at radius 2 is 2.05 bits per heavy atom. The van der Waals surface area contributed by atoms with E-state index >= 15 is 0 Å². The van der Waals surface area contributed by atoms with E-state index in [-0.39, 0.29) is 37.5 Å². The number of carbonyl (C=O) groups is 1. The van der Waals surface area contributed by atoms with Crippen molar-refractivity contribution in [3.63, 3.8) is 0 Å². The summed E-state index contributed by atoms with van der Waals surface area (Å²) in [5.41, 5.74) is 7.05. The number of alkyl halides is 2. The largest absolute Gasteiger partial charge is 0.399 e. The molecular formula is C15H20F2N2O. The van der Waals surface area contributed by atoms with Crippen molar-refractivity contribution in [2.75, 3.05) is 17.2 Å². The van der Waals surface area contributed by atoms with E-state index in [9.17, 15) is 13.6 Å². The maximum atomic E-state index is 13.2. The van der Waals surface area contributed by atoms with E-state index in [1.807, 2.05) is 13.0 Å². The summed E-state index contributed by atoms with van der Waals surface area (Å²) >= 11 is 0. The van der Waals surface area contributed by atoms with Gasteiger partial charge in [-0.15, -0.1) is 0 Å². The molecule has 1 aromatic rings. The van der Waals surface area contributed by atoms with Crippen molar-refractivity contribution in [2.24, 2.45) is 5.92 Å². The van der Waals surface area contributed by atoms with Crippen molar-refractivity contribution in [2.45, 2.75) is 38.5 Å². The Balaban J connectivity index is 2.10. The number of nitrogens with two attached hydrogens (primary N) is 1. The van der Waals surface area contributed by atoms with Crippen molar-refractivity contribution in [1.29, 1.82) is 0 Å². The van der Waals surface area contributed by atoms with Gasteiger partial charge >= 0.3 is 0 Å². The summed E-state index contributed by atoms with van der Waals surface area (Å²) < 4.78 is 26.3. The van der Waals surface area contributed by atoms with E-state index in [0.29, 0.717) is 12.2 Å². The molecular weight excluding hydrogens is 262 g/mol. The normalized spacial score (nSPS) is 18.8. The van der Waals surface area contributed by atoms with E-state index < -0.39 is 5.92 Å². The zero-order valence-electron chi connectivity index (χ0n) is 11.6. The predicted octanol–water partition coefficient (Wildman–Crippen LogP) is 3.45. The lowest BCUT2D eigenvalue weighted by molar-refractivity contribution is -0.126. The zero-order chi connectivity index (χ0) is 14.8. The van der Waals surface area contributed by atoms with Crippen LogP contribution in [-0.2, 0) is 4.79 Å². The number of carbonyl (C=O) groups excluding carboxylic acids is 1. The van der Waals surface area contributed by atoms with Gasteiger partial charge in [-0.2, -0.15) is 0 Å². The van der Waals surface area contributed by atoms with Crippen molar-refractivity contribution in [3.05, 3.63) is 24.3 Å². The van der Waals surface area contributed by atoms with Gasteiger partial charge in [-0.1, -0.05) is 6.07 Å². The maximum absolute atomic E-state index is 13.2. The van der Waals surface area contributed by atoms with Gasteiger partial charge in [0.15, 0.2) is 0 Å². The number of rotatable bonds is 3. The molecule has 0 spiro atoms. The summed E-state index contributed by atoms with van der Waals surface area (Å²) in [5, 5.41) is 0. The Bertz CT molecular complexity index is 481. The number of amides is 1. The molecule has 2 rings (SSSR count). The molecule has 0 atom stereocenters. The second-order valence-corrected chi connectivity index (χ2v) is 5.31. The Hall–Kier alpha value is -1.65. The fourth-order valence-electron chi connectivity index (χ4n) is 2.67. The Labute approximate surface area is 117 Å². The summed E-state index contributed by atoms with van der Waals surface area (Å²) in [5.74, 6) is -2.99. The van der Waals surface area contributed by atoms with E-state index in [1.54, 1.807) is 23.1 Å². The lowest BCUT2D eigenvalue weighted by Crippen LogP contribution is -2.39. The standard InChI is InChI=1S/C15H20F2N2O/c1-2-19(13-5-3-4-12(18)10-13)14(20)11-6-8-15(16,17)9-7-11/h3-5,10-11H,2,6-9,18H2,1H3. The number of hydrogen-bond donors (Lipinski definition) is 1. The van der Waals surface area contributed by atoms with Crippen LogP contribution in [0.3, 0.4) is 0 Å². The van der Waals surface area contributed by atoms with Crippen molar-refractivity contribution < 1.29 is 13.6 Å². The average Bonchev–Trinajstić information content (AvgIpc) is 2.39. The van der Waals surface area contributed by atoms with Gasteiger partial charge in [0.25, 0.3) is 0 Å². The zero-order valence-corrected chi connectivity index (χ0v) is 11.6. The minimum atomic E-state index is -2.61. The number of hydrogen-bond acceptors (Lipinski definition) is 2. The molecule has 0 heterocycles. The highest BCUT2D eigenvalue weighted by atomic mass is 19.3. The lowest BCUT2D eigenvalue weighted by Gasteiger charge is -2.31. The summed E-state index contributed by atoms with van der Waals surface area (Å²) in [4.78, 5) is 14.1. The highest BCUT2D eigenvalue weighted by Gasteiger charge is 2.38. The molecule has 0 aromatic heterocycles. The van der Waals surface area contributed by atoms with E-state index in [1.165, 1.54) is 0 Å². The van der Waals surface area contributed by atoms with Crippen LogP contribution >= 0.6 is 0 Å². The molecule has 1 fully saturated rings. The molecule has 0 unspecified atom stereocenters. The van der Waals surface area contributed by atoms with Gasteiger partial charge < -0.3 is 10.6 Å². The molecule has 20 heavy (non-hydrogen) atoms. The lowest BCUT2D eigenvalue weighted by atomic mass is 9.86. The third kappa shape index (κ3) is 3.26. The quantitative estimate of drug-likeness (QED) is 0.863. The molecule has 1 aliphatic rings. The van der Waals surface area contributed by atoms with E-state index in [4.69, 9.17) is 5.73 Å². The summed E-state index contributed by atoms with van der Waals surface area (Å²) in [6.45, 7) is 2.38. The third-order valence-electron chi connectivity index (χ3n) is 3.83. The minimum Gasteiger partial charge on any atom is -0.399 e. The molecule has 110 valence electrons. The second-order valence-electron chi connectivity index (χ2n) is 5.31. The van der Waals surface area contributed by atoms with Crippen LogP contribution < -0.4 is 10.6 Å². The first-order valence-corrected chi connectivity index (χ1v) is 6.97. The Morgan fingerprint density at radius 1 is 1.40 bits per heavy atom. The van der Waals surface area contributed by atoms with Gasteiger partial charge in [-0.05, 0) is 38.0 Å². The van der Waals surface area contributed by atoms with Crippen LogP contribution in [0, 0.1) is 5.92 Å². The topological polar surface area (TPSA) is 46.3 Å². The van der Waals surface area contributed by atoms with Gasteiger partial charge in [0, 0.05) is 36.7 Å². The molecule has 0 saturated heterocycles. The number of nitrogens with zero attached hydrogens (tertiary/aromatic N) is 1. The number of halogens is 2. The first-order chi connectivity index (χ1) is 9.43. The third-order valence-corrected chi connectivity index (χ3v) is 3.83. The van der Waals surface area contributed by atoms with Crippen LogP contribution in [0.4, 0.5) is 20.2 Å². The van der Waals surface area contributed by atoms with Gasteiger partial charge in [-0.3, -0.25) is 4.79 Å². The first kappa shape index (κ1) is 14.8. The SMILES string of the molecule is CCN(C(=O)C1CCC(F)(F)CC1)c1cccc(N)c1. The van der Waals surface area contributed by atoms with Crippen LogP contribution in [0.5, 0.6) is 0 Å². The first-order valence-electron chi connectivity index (χ1n) is 6.97. The molecule has 1 saturated carbocycles. The molecule has 1 amide bonds. The molecule has 0 radical (unpaired) electrons. The minimum absolute atomic E-state index is 0.0754. The Morgan fingerprint density at radius 3 is 2.60 bits per heavy atom. The molecule has 0 bridgehead atoms. The molecule has 2 N–H and O–H groups in total. The molecule has 1 aliphatic carbocycles.